The lowest BCUT2D eigenvalue weighted by Crippen LogP contribution is -2.56. The van der Waals surface area contributed by atoms with Crippen LogP contribution in [-0.4, -0.2) is 16.3 Å². The number of rotatable bonds is 0. The Labute approximate surface area is 125 Å². The molecule has 2 rings (SSSR count). The molecular formula is C14H17Br2NO. The summed E-state index contributed by atoms with van der Waals surface area (Å²) in [6, 6.07) is 6.24. The van der Waals surface area contributed by atoms with Gasteiger partial charge in [-0.15, -0.1) is 0 Å². The molecular weight excluding hydrogens is 358 g/mol. The smallest absolute Gasteiger partial charge is 0.224 e. The van der Waals surface area contributed by atoms with Crippen molar-refractivity contribution in [3.8, 4) is 0 Å². The molecule has 0 bridgehead atoms. The molecule has 0 fully saturated rings. The predicted molar refractivity (Wildman–Crippen MR) is 82.8 cm³/mol. The molecule has 2 nitrogen and oxygen atoms in total. The number of benzene rings is 1. The molecule has 2 atom stereocenters. The second-order valence-corrected chi connectivity index (χ2v) is 7.35. The molecule has 0 unspecified atom stereocenters. The van der Waals surface area contributed by atoms with Crippen molar-refractivity contribution in [3.05, 3.63) is 29.3 Å². The lowest BCUT2D eigenvalue weighted by Gasteiger charge is -2.48. The average Bonchev–Trinajstić information content (AvgIpc) is 2.27. The van der Waals surface area contributed by atoms with Gasteiger partial charge in [-0.2, -0.15) is 0 Å². The number of anilines is 1. The van der Waals surface area contributed by atoms with Gasteiger partial charge in [0.05, 0.1) is 15.2 Å². The molecule has 1 aromatic rings. The highest BCUT2D eigenvalue weighted by atomic mass is 79.9. The molecule has 0 aromatic heterocycles. The van der Waals surface area contributed by atoms with E-state index in [1.54, 1.807) is 6.92 Å². The Kier molecular flexibility index (Phi) is 3.63. The second kappa shape index (κ2) is 4.64. The highest BCUT2D eigenvalue weighted by Crippen LogP contribution is 2.49. The van der Waals surface area contributed by atoms with Crippen molar-refractivity contribution in [1.29, 1.82) is 0 Å². The summed E-state index contributed by atoms with van der Waals surface area (Å²) in [5.74, 6) is 0.0777. The van der Waals surface area contributed by atoms with Gasteiger partial charge in [0.2, 0.25) is 5.91 Å². The first-order valence-electron chi connectivity index (χ1n) is 5.96. The predicted octanol–water partition coefficient (Wildman–Crippen LogP) is 4.34. The molecule has 1 aromatic carbocycles. The van der Waals surface area contributed by atoms with Crippen molar-refractivity contribution in [2.24, 2.45) is 0 Å². The van der Waals surface area contributed by atoms with Crippen LogP contribution >= 0.6 is 31.9 Å². The molecule has 1 aliphatic rings. The van der Waals surface area contributed by atoms with E-state index in [9.17, 15) is 4.79 Å². The number of carbonyl (C=O) groups is 1. The maximum Gasteiger partial charge on any atom is 0.224 e. The third-order valence-electron chi connectivity index (χ3n) is 3.54. The first-order valence-corrected chi connectivity index (χ1v) is 7.79. The maximum atomic E-state index is 12.0. The second-order valence-electron chi connectivity index (χ2n) is 5.37. The summed E-state index contributed by atoms with van der Waals surface area (Å²) in [5, 5.41) is 0. The van der Waals surface area contributed by atoms with Gasteiger partial charge in [0.25, 0.3) is 0 Å². The summed E-state index contributed by atoms with van der Waals surface area (Å²) in [5.41, 5.74) is 3.13. The van der Waals surface area contributed by atoms with E-state index in [0.717, 1.165) is 5.69 Å². The molecule has 0 spiro atoms. The molecule has 0 saturated heterocycles. The van der Waals surface area contributed by atoms with Gasteiger partial charge in [0.1, 0.15) is 0 Å². The van der Waals surface area contributed by atoms with Crippen LogP contribution < -0.4 is 4.90 Å². The van der Waals surface area contributed by atoms with Crippen LogP contribution in [0.15, 0.2) is 18.2 Å². The van der Waals surface area contributed by atoms with Crippen LogP contribution in [0.2, 0.25) is 0 Å². The van der Waals surface area contributed by atoms with Crippen molar-refractivity contribution in [2.75, 3.05) is 4.90 Å². The number of hydrogen-bond donors (Lipinski definition) is 0. The zero-order valence-electron chi connectivity index (χ0n) is 11.0. The Morgan fingerprint density at radius 1 is 1.33 bits per heavy atom. The van der Waals surface area contributed by atoms with Gasteiger partial charge in [-0.05, 0) is 32.4 Å². The maximum absolute atomic E-state index is 12.0. The molecule has 1 aliphatic heterocycles. The minimum absolute atomic E-state index is 0.0777. The third-order valence-corrected chi connectivity index (χ3v) is 6.92. The lowest BCUT2D eigenvalue weighted by atomic mass is 9.86. The van der Waals surface area contributed by atoms with E-state index in [4.69, 9.17) is 0 Å². The SMILES string of the molecule is CC(=O)N1c2ccc(C)cc2[C@@H](Br)[C@@H](Br)C1(C)C. The highest BCUT2D eigenvalue weighted by molar-refractivity contribution is 9.12. The van der Waals surface area contributed by atoms with Crippen LogP contribution in [-0.2, 0) is 4.79 Å². The standard InChI is InChI=1S/C14H17Br2NO/c1-8-5-6-11-10(7-8)12(15)13(16)14(3,4)17(11)9(2)18/h5-7,12-13H,1-4H3/t12-,13-/m1/s1. The Balaban J connectivity index is 2.68. The van der Waals surface area contributed by atoms with Gasteiger partial charge < -0.3 is 4.90 Å². The number of halogens is 2. The quantitative estimate of drug-likeness (QED) is 0.618. The fourth-order valence-electron chi connectivity index (χ4n) is 2.62. The first-order chi connectivity index (χ1) is 8.26. The van der Waals surface area contributed by atoms with Crippen LogP contribution in [0.3, 0.4) is 0 Å². The summed E-state index contributed by atoms with van der Waals surface area (Å²) in [6.45, 7) is 7.87. The van der Waals surface area contributed by atoms with Crippen molar-refractivity contribution in [3.63, 3.8) is 0 Å². The van der Waals surface area contributed by atoms with Gasteiger partial charge in [-0.1, -0.05) is 49.6 Å². The largest absolute Gasteiger partial charge is 0.306 e. The summed E-state index contributed by atoms with van der Waals surface area (Å²) < 4.78 is 0. The summed E-state index contributed by atoms with van der Waals surface area (Å²) in [6.07, 6.45) is 0. The molecule has 4 heteroatoms. The summed E-state index contributed by atoms with van der Waals surface area (Å²) in [7, 11) is 0. The number of alkyl halides is 2. The lowest BCUT2D eigenvalue weighted by molar-refractivity contribution is -0.117. The van der Waals surface area contributed by atoms with E-state index in [1.165, 1.54) is 11.1 Å². The number of amides is 1. The fraction of sp³-hybridized carbons (Fsp3) is 0.500. The summed E-state index contributed by atoms with van der Waals surface area (Å²) in [4.78, 5) is 14.3. The van der Waals surface area contributed by atoms with Gasteiger partial charge in [-0.3, -0.25) is 4.79 Å². The minimum Gasteiger partial charge on any atom is -0.306 e. The van der Waals surface area contributed by atoms with Crippen LogP contribution in [0.1, 0.15) is 36.7 Å². The van der Waals surface area contributed by atoms with Crippen LogP contribution in [0.5, 0.6) is 0 Å². The highest BCUT2D eigenvalue weighted by Gasteiger charge is 2.46. The molecule has 98 valence electrons. The van der Waals surface area contributed by atoms with E-state index in [1.807, 2.05) is 11.0 Å². The van der Waals surface area contributed by atoms with Crippen molar-refractivity contribution in [2.45, 2.75) is 42.9 Å². The Morgan fingerprint density at radius 3 is 2.50 bits per heavy atom. The minimum atomic E-state index is -0.262. The normalized spacial score (nSPS) is 25.8. The monoisotopic (exact) mass is 373 g/mol. The van der Waals surface area contributed by atoms with Crippen LogP contribution in [0, 0.1) is 6.92 Å². The molecule has 0 N–H and O–H groups in total. The number of aryl methyl sites for hydroxylation is 1. The third kappa shape index (κ3) is 2.03. The zero-order valence-corrected chi connectivity index (χ0v) is 14.2. The van der Waals surface area contributed by atoms with E-state index in [-0.39, 0.29) is 21.1 Å². The zero-order chi connectivity index (χ0) is 13.7. The van der Waals surface area contributed by atoms with Crippen molar-refractivity contribution < 1.29 is 4.79 Å². The number of carbonyl (C=O) groups excluding carboxylic acids is 1. The van der Waals surface area contributed by atoms with Crippen molar-refractivity contribution >= 4 is 43.5 Å². The van der Waals surface area contributed by atoms with Gasteiger partial charge >= 0.3 is 0 Å². The van der Waals surface area contributed by atoms with Gasteiger partial charge in [0.15, 0.2) is 0 Å². The van der Waals surface area contributed by atoms with Crippen LogP contribution in [0.25, 0.3) is 0 Å². The van der Waals surface area contributed by atoms with Crippen LogP contribution in [0.4, 0.5) is 5.69 Å². The van der Waals surface area contributed by atoms with Gasteiger partial charge in [-0.25, -0.2) is 0 Å². The molecule has 1 amide bonds. The van der Waals surface area contributed by atoms with Crippen molar-refractivity contribution in [1.82, 2.24) is 0 Å². The number of hydrogen-bond acceptors (Lipinski definition) is 1. The Bertz CT molecular complexity index is 499. The average molecular weight is 375 g/mol. The molecule has 0 aliphatic carbocycles. The summed E-state index contributed by atoms with van der Waals surface area (Å²) >= 11 is 7.49. The molecule has 0 radical (unpaired) electrons. The van der Waals surface area contributed by atoms with E-state index in [2.05, 4.69) is 64.8 Å². The molecule has 18 heavy (non-hydrogen) atoms. The Morgan fingerprint density at radius 2 is 1.94 bits per heavy atom. The number of nitrogens with zero attached hydrogens (tertiary/aromatic N) is 1. The van der Waals surface area contributed by atoms with E-state index in [0.29, 0.717) is 0 Å². The fourth-order valence-corrected chi connectivity index (χ4v) is 4.13. The topological polar surface area (TPSA) is 20.3 Å². The number of fused-ring (bicyclic) bond motifs is 1. The molecule has 0 saturated carbocycles. The van der Waals surface area contributed by atoms with Gasteiger partial charge in [0, 0.05) is 12.6 Å². The van der Waals surface area contributed by atoms with E-state index >= 15 is 0 Å². The molecule has 1 heterocycles. The Hall–Kier alpha value is -0.350. The van der Waals surface area contributed by atoms with E-state index < -0.39 is 0 Å². The first kappa shape index (κ1) is 14.1.